The van der Waals surface area contributed by atoms with Gasteiger partial charge in [-0.1, -0.05) is 23.7 Å². The van der Waals surface area contributed by atoms with Gasteiger partial charge in [-0.25, -0.2) is 0 Å². The lowest BCUT2D eigenvalue weighted by molar-refractivity contribution is -0.908. The highest BCUT2D eigenvalue weighted by Crippen LogP contribution is 2.13. The minimum Gasteiger partial charge on any atom is -0.338 e. The number of hydrogen-bond acceptors (Lipinski definition) is 0. The summed E-state index contributed by atoms with van der Waals surface area (Å²) in [6.45, 7) is 3.92. The van der Waals surface area contributed by atoms with Crippen LogP contribution in [0.4, 0.5) is 0 Å². The maximum absolute atomic E-state index is 5.91. The fraction of sp³-hybridized carbons (Fsp3) is 0.538. The average molecular weight is 241 g/mol. The van der Waals surface area contributed by atoms with E-state index in [0.717, 1.165) is 5.02 Å². The summed E-state index contributed by atoms with van der Waals surface area (Å²) >= 11 is 5.91. The van der Waals surface area contributed by atoms with E-state index >= 15 is 0 Å². The maximum atomic E-state index is 5.91. The number of likely N-dealkylation sites (tertiary alicyclic amines) is 1. The Balaban J connectivity index is 2.00. The van der Waals surface area contributed by atoms with E-state index in [1.165, 1.54) is 38.0 Å². The summed E-state index contributed by atoms with van der Waals surface area (Å²) in [6.07, 6.45) is 2.79. The predicted octanol–water partition coefficient (Wildman–Crippen LogP) is 0.253. The number of quaternary nitrogens is 2. The fourth-order valence-electron chi connectivity index (χ4n) is 2.53. The van der Waals surface area contributed by atoms with E-state index < -0.39 is 0 Å². The van der Waals surface area contributed by atoms with Crippen molar-refractivity contribution in [3.63, 3.8) is 0 Å². The Kier molecular flexibility index (Phi) is 4.22. The molecule has 1 aliphatic rings. The summed E-state index contributed by atoms with van der Waals surface area (Å²) in [4.78, 5) is 1.75. The fourth-order valence-corrected chi connectivity index (χ4v) is 2.65. The SMILES string of the molecule is C[NH2+][C@H](C[NH+]1CCCC1)c1ccc(Cl)cc1. The van der Waals surface area contributed by atoms with E-state index in [4.69, 9.17) is 11.6 Å². The number of benzene rings is 1. The van der Waals surface area contributed by atoms with Crippen LogP contribution >= 0.6 is 11.6 Å². The van der Waals surface area contributed by atoms with Crippen molar-refractivity contribution in [1.82, 2.24) is 0 Å². The lowest BCUT2D eigenvalue weighted by Gasteiger charge is -2.18. The Morgan fingerprint density at radius 2 is 1.88 bits per heavy atom. The molecule has 1 atom stereocenters. The summed E-state index contributed by atoms with van der Waals surface area (Å²) in [5, 5.41) is 3.14. The Bertz CT molecular complexity index is 317. The first-order valence-corrected chi connectivity index (χ1v) is 6.56. The molecule has 0 spiro atoms. The molecule has 3 heteroatoms. The van der Waals surface area contributed by atoms with Gasteiger partial charge in [0.05, 0.1) is 20.1 Å². The third-order valence-electron chi connectivity index (χ3n) is 3.52. The summed E-state index contributed by atoms with van der Waals surface area (Å²) in [7, 11) is 2.16. The van der Waals surface area contributed by atoms with Gasteiger partial charge in [-0.3, -0.25) is 0 Å². The number of nitrogens with one attached hydrogen (secondary N) is 1. The molecule has 1 fully saturated rings. The Hall–Kier alpha value is -0.570. The van der Waals surface area contributed by atoms with Gasteiger partial charge in [-0.05, 0) is 12.1 Å². The molecule has 1 aromatic rings. The lowest BCUT2D eigenvalue weighted by Crippen LogP contribution is -3.12. The number of hydrogen-bond donors (Lipinski definition) is 2. The van der Waals surface area contributed by atoms with E-state index in [1.807, 2.05) is 12.1 Å². The van der Waals surface area contributed by atoms with Crippen LogP contribution in [0.2, 0.25) is 5.02 Å². The molecular weight excluding hydrogens is 220 g/mol. The second-order valence-corrected chi connectivity index (χ2v) is 5.09. The predicted molar refractivity (Wildman–Crippen MR) is 66.8 cm³/mol. The van der Waals surface area contributed by atoms with Gasteiger partial charge in [0.1, 0.15) is 6.54 Å². The smallest absolute Gasteiger partial charge is 0.161 e. The van der Waals surface area contributed by atoms with Crippen LogP contribution in [0.5, 0.6) is 0 Å². The van der Waals surface area contributed by atoms with Gasteiger partial charge in [0.15, 0.2) is 6.04 Å². The second-order valence-electron chi connectivity index (χ2n) is 4.65. The monoisotopic (exact) mass is 240 g/mol. The molecule has 1 aliphatic heterocycles. The molecular formula is C13H21ClN2+2. The summed E-state index contributed by atoms with van der Waals surface area (Å²) < 4.78 is 0. The molecule has 88 valence electrons. The van der Waals surface area contributed by atoms with Gasteiger partial charge in [0, 0.05) is 23.4 Å². The molecule has 2 nitrogen and oxygen atoms in total. The molecule has 1 heterocycles. The van der Waals surface area contributed by atoms with Gasteiger partial charge >= 0.3 is 0 Å². The third kappa shape index (κ3) is 2.97. The molecule has 3 N–H and O–H groups in total. The number of likely N-dealkylation sites (N-methyl/N-ethyl adjacent to an activating group) is 1. The van der Waals surface area contributed by atoms with Gasteiger partial charge in [-0.15, -0.1) is 0 Å². The van der Waals surface area contributed by atoms with E-state index in [9.17, 15) is 0 Å². The molecule has 0 radical (unpaired) electrons. The van der Waals surface area contributed by atoms with Crippen LogP contribution in [0.15, 0.2) is 24.3 Å². The molecule has 0 aliphatic carbocycles. The molecule has 0 amide bonds. The van der Waals surface area contributed by atoms with Gasteiger partial charge in [0.25, 0.3) is 0 Å². The second kappa shape index (κ2) is 5.67. The van der Waals surface area contributed by atoms with Crippen molar-refractivity contribution in [3.8, 4) is 0 Å². The minimum atomic E-state index is 0.574. The molecule has 0 saturated carbocycles. The first kappa shape index (κ1) is 11.9. The molecule has 0 bridgehead atoms. The summed E-state index contributed by atoms with van der Waals surface area (Å²) in [6, 6.07) is 8.87. The quantitative estimate of drug-likeness (QED) is 0.753. The van der Waals surface area contributed by atoms with Crippen LogP contribution in [0.3, 0.4) is 0 Å². The maximum Gasteiger partial charge on any atom is 0.161 e. The van der Waals surface area contributed by atoms with E-state index in [-0.39, 0.29) is 0 Å². The third-order valence-corrected chi connectivity index (χ3v) is 3.77. The summed E-state index contributed by atoms with van der Waals surface area (Å²) in [5.41, 5.74) is 1.39. The van der Waals surface area contributed by atoms with Crippen LogP contribution in [0.1, 0.15) is 24.4 Å². The van der Waals surface area contributed by atoms with Crippen molar-refractivity contribution in [3.05, 3.63) is 34.9 Å². The van der Waals surface area contributed by atoms with Crippen LogP contribution in [0, 0.1) is 0 Å². The molecule has 16 heavy (non-hydrogen) atoms. The molecule has 1 saturated heterocycles. The molecule has 0 aromatic heterocycles. The van der Waals surface area contributed by atoms with Crippen molar-refractivity contribution in [2.75, 3.05) is 26.7 Å². The average Bonchev–Trinajstić information content (AvgIpc) is 2.80. The highest BCUT2D eigenvalue weighted by Gasteiger charge is 2.23. The zero-order valence-electron chi connectivity index (χ0n) is 9.88. The van der Waals surface area contributed by atoms with Gasteiger partial charge < -0.3 is 10.2 Å². The normalized spacial score (nSPS) is 18.9. The first-order chi connectivity index (χ1) is 7.79. The highest BCUT2D eigenvalue weighted by molar-refractivity contribution is 6.30. The van der Waals surface area contributed by atoms with Crippen molar-refractivity contribution in [2.45, 2.75) is 18.9 Å². The highest BCUT2D eigenvalue weighted by atomic mass is 35.5. The number of nitrogens with two attached hydrogens (primary N) is 1. The largest absolute Gasteiger partial charge is 0.338 e. The lowest BCUT2D eigenvalue weighted by atomic mass is 10.1. The Morgan fingerprint density at radius 1 is 1.25 bits per heavy atom. The molecule has 1 aromatic carbocycles. The minimum absolute atomic E-state index is 0.574. The Labute approximate surface area is 103 Å². The van der Waals surface area contributed by atoms with Crippen LogP contribution in [-0.2, 0) is 0 Å². The van der Waals surface area contributed by atoms with Crippen LogP contribution < -0.4 is 10.2 Å². The zero-order valence-corrected chi connectivity index (χ0v) is 10.6. The van der Waals surface area contributed by atoms with Gasteiger partial charge in [0.2, 0.25) is 0 Å². The van der Waals surface area contributed by atoms with Gasteiger partial charge in [-0.2, -0.15) is 0 Å². The van der Waals surface area contributed by atoms with E-state index in [1.54, 1.807) is 4.90 Å². The van der Waals surface area contributed by atoms with Crippen molar-refractivity contribution in [2.24, 2.45) is 0 Å². The number of halogens is 1. The topological polar surface area (TPSA) is 21.1 Å². The van der Waals surface area contributed by atoms with Crippen LogP contribution in [0.25, 0.3) is 0 Å². The number of rotatable bonds is 4. The summed E-state index contributed by atoms with van der Waals surface area (Å²) in [5.74, 6) is 0. The molecule has 2 rings (SSSR count). The first-order valence-electron chi connectivity index (χ1n) is 6.18. The van der Waals surface area contributed by atoms with Crippen molar-refractivity contribution in [1.29, 1.82) is 0 Å². The van der Waals surface area contributed by atoms with E-state index in [2.05, 4.69) is 24.5 Å². The zero-order chi connectivity index (χ0) is 11.4. The van der Waals surface area contributed by atoms with Crippen molar-refractivity contribution < 1.29 is 10.2 Å². The Morgan fingerprint density at radius 3 is 2.44 bits per heavy atom. The molecule has 0 unspecified atom stereocenters. The van der Waals surface area contributed by atoms with E-state index in [0.29, 0.717) is 6.04 Å². The van der Waals surface area contributed by atoms with Crippen molar-refractivity contribution >= 4 is 11.6 Å². The standard InChI is InChI=1S/C13H19ClN2/c1-15-13(10-16-8-2-3-9-16)11-4-6-12(14)7-5-11/h4-7,13,15H,2-3,8-10H2,1H3/p+2/t13-/m1/s1. The van der Waals surface area contributed by atoms with Crippen LogP contribution in [-0.4, -0.2) is 26.7 Å².